The first-order valence-electron chi connectivity index (χ1n) is 9.77. The smallest absolute Gasteiger partial charge is 0.174 e. The number of nitrogens with zero attached hydrogens (tertiary/aromatic N) is 5. The summed E-state index contributed by atoms with van der Waals surface area (Å²) in [7, 11) is 1.72. The third-order valence-electron chi connectivity index (χ3n) is 4.73. The minimum atomic E-state index is 0.493. The van der Waals surface area contributed by atoms with E-state index in [1.807, 2.05) is 30.8 Å². The summed E-state index contributed by atoms with van der Waals surface area (Å²) in [5.41, 5.74) is 2.12. The largest absolute Gasteiger partial charge is 0.496 e. The maximum absolute atomic E-state index is 5.54. The number of thioether (sulfide) groups is 1. The number of rotatable bonds is 9. The number of hydrogen-bond donors (Lipinski definition) is 0. The van der Waals surface area contributed by atoms with Crippen LogP contribution in [-0.2, 0) is 12.8 Å². The number of aryl methyl sites for hydroxylation is 2. The fraction of sp³-hybridized carbons (Fsp3) is 0.600. The van der Waals surface area contributed by atoms with Crippen molar-refractivity contribution in [2.24, 2.45) is 10.9 Å². The highest BCUT2D eigenvalue weighted by atomic mass is 32.2. The van der Waals surface area contributed by atoms with Gasteiger partial charge in [0, 0.05) is 18.1 Å². The zero-order valence-electron chi connectivity index (χ0n) is 16.7. The van der Waals surface area contributed by atoms with E-state index in [1.165, 1.54) is 17.0 Å². The average Bonchev–Trinajstić information content (AvgIpc) is 3.34. The molecule has 0 spiro atoms. The van der Waals surface area contributed by atoms with Crippen LogP contribution < -0.4 is 4.74 Å². The first-order valence-corrected chi connectivity index (χ1v) is 10.8. The van der Waals surface area contributed by atoms with Crippen LogP contribution in [-0.4, -0.2) is 44.2 Å². The van der Waals surface area contributed by atoms with Gasteiger partial charge in [0.05, 0.1) is 23.9 Å². The van der Waals surface area contributed by atoms with Crippen molar-refractivity contribution in [3.63, 3.8) is 0 Å². The summed E-state index contributed by atoms with van der Waals surface area (Å²) in [6, 6.07) is 6.57. The lowest BCUT2D eigenvalue weighted by Crippen LogP contribution is -2.04. The Hall–Kier alpha value is -1.89. The van der Waals surface area contributed by atoms with Crippen LogP contribution in [0.2, 0.25) is 0 Å². The molecule has 6 nitrogen and oxygen atoms in total. The van der Waals surface area contributed by atoms with Gasteiger partial charge in [0.2, 0.25) is 0 Å². The molecule has 1 aliphatic rings. The molecular weight excluding hydrogens is 358 g/mol. The fourth-order valence-corrected chi connectivity index (χ4v) is 4.34. The highest BCUT2D eigenvalue weighted by molar-refractivity contribution is 8.14. The highest BCUT2D eigenvalue weighted by Gasteiger charge is 2.19. The zero-order chi connectivity index (χ0) is 19.2. The van der Waals surface area contributed by atoms with Gasteiger partial charge in [-0.2, -0.15) is 0 Å². The predicted molar refractivity (Wildman–Crippen MR) is 111 cm³/mol. The third kappa shape index (κ3) is 5.09. The van der Waals surface area contributed by atoms with Crippen LogP contribution in [0.5, 0.6) is 5.75 Å². The Bertz CT molecular complexity index is 786. The molecule has 0 amide bonds. The van der Waals surface area contributed by atoms with Gasteiger partial charge >= 0.3 is 0 Å². The van der Waals surface area contributed by atoms with Crippen molar-refractivity contribution in [1.29, 1.82) is 0 Å². The molecule has 1 atom stereocenters. The Morgan fingerprint density at radius 2 is 2.15 bits per heavy atom. The van der Waals surface area contributed by atoms with E-state index >= 15 is 0 Å². The molecule has 2 aromatic rings. The third-order valence-corrected chi connectivity index (χ3v) is 6.15. The minimum absolute atomic E-state index is 0.493. The van der Waals surface area contributed by atoms with Crippen LogP contribution in [0.3, 0.4) is 0 Å². The molecule has 146 valence electrons. The van der Waals surface area contributed by atoms with E-state index in [0.29, 0.717) is 12.0 Å². The maximum Gasteiger partial charge on any atom is 0.174 e. The Labute approximate surface area is 165 Å². The lowest BCUT2D eigenvalue weighted by molar-refractivity contribution is 0.408. The molecule has 1 aromatic carbocycles. The number of benzene rings is 1. The van der Waals surface area contributed by atoms with Crippen molar-refractivity contribution in [2.45, 2.75) is 58.9 Å². The Morgan fingerprint density at radius 3 is 2.81 bits per heavy atom. The molecular formula is C20H29N5OS. The van der Waals surface area contributed by atoms with Crippen LogP contribution in [0.1, 0.15) is 51.4 Å². The summed E-state index contributed by atoms with van der Waals surface area (Å²) >= 11 is 1.93. The lowest BCUT2D eigenvalue weighted by atomic mass is 10.0. The first-order chi connectivity index (χ1) is 13.1. The molecule has 1 aliphatic heterocycles. The molecule has 1 aromatic heterocycles. The van der Waals surface area contributed by atoms with Crippen molar-refractivity contribution in [3.8, 4) is 11.4 Å². The molecule has 0 bridgehead atoms. The van der Waals surface area contributed by atoms with Gasteiger partial charge in [0.1, 0.15) is 5.75 Å². The van der Waals surface area contributed by atoms with Gasteiger partial charge in [-0.3, -0.25) is 4.99 Å². The van der Waals surface area contributed by atoms with Crippen molar-refractivity contribution >= 4 is 16.8 Å². The Kier molecular flexibility index (Phi) is 6.88. The van der Waals surface area contributed by atoms with Gasteiger partial charge < -0.3 is 4.74 Å². The average molecular weight is 388 g/mol. The monoisotopic (exact) mass is 387 g/mol. The standard InChI is InChI=1S/C20H29N5OS/c1-5-19-22-24-25(23-19)17-10-11-18(26-4)15(12-17)8-6-7-9-16-13-27-20(21-16)14(2)3/h10-12,14,16H,5-9,13H2,1-4H3. The second kappa shape index (κ2) is 9.35. The maximum atomic E-state index is 5.54. The van der Waals surface area contributed by atoms with Gasteiger partial charge in [-0.1, -0.05) is 27.2 Å². The molecule has 0 saturated carbocycles. The van der Waals surface area contributed by atoms with Crippen molar-refractivity contribution in [3.05, 3.63) is 29.6 Å². The van der Waals surface area contributed by atoms with E-state index in [9.17, 15) is 0 Å². The van der Waals surface area contributed by atoms with E-state index in [4.69, 9.17) is 9.73 Å². The molecule has 3 rings (SSSR count). The van der Waals surface area contributed by atoms with Crippen LogP contribution >= 0.6 is 11.8 Å². The predicted octanol–water partition coefficient (Wildman–Crippen LogP) is 4.12. The molecule has 0 radical (unpaired) electrons. The summed E-state index contributed by atoms with van der Waals surface area (Å²) in [6.07, 6.45) is 5.22. The summed E-state index contributed by atoms with van der Waals surface area (Å²) in [4.78, 5) is 6.46. The van der Waals surface area contributed by atoms with Crippen LogP contribution in [0.4, 0.5) is 0 Å². The molecule has 27 heavy (non-hydrogen) atoms. The van der Waals surface area contributed by atoms with Crippen LogP contribution in [0, 0.1) is 5.92 Å². The molecule has 1 unspecified atom stereocenters. The number of ether oxygens (including phenoxy) is 1. The highest BCUT2D eigenvalue weighted by Crippen LogP contribution is 2.27. The Morgan fingerprint density at radius 1 is 1.30 bits per heavy atom. The van der Waals surface area contributed by atoms with Crippen molar-refractivity contribution in [1.82, 2.24) is 20.2 Å². The van der Waals surface area contributed by atoms with Gasteiger partial charge in [-0.15, -0.1) is 26.8 Å². The summed E-state index contributed by atoms with van der Waals surface area (Å²) < 4.78 is 5.54. The van der Waals surface area contributed by atoms with Crippen molar-refractivity contribution < 1.29 is 4.74 Å². The van der Waals surface area contributed by atoms with Crippen LogP contribution in [0.15, 0.2) is 23.2 Å². The van der Waals surface area contributed by atoms with E-state index in [2.05, 4.69) is 35.3 Å². The lowest BCUT2D eigenvalue weighted by Gasteiger charge is -2.11. The molecule has 7 heteroatoms. The molecule has 0 N–H and O–H groups in total. The van der Waals surface area contributed by atoms with E-state index in [1.54, 1.807) is 11.9 Å². The summed E-state index contributed by atoms with van der Waals surface area (Å²) in [5.74, 6) is 3.38. The Balaban J connectivity index is 1.58. The van der Waals surface area contributed by atoms with Gasteiger partial charge in [0.15, 0.2) is 5.82 Å². The number of methoxy groups -OCH3 is 1. The zero-order valence-corrected chi connectivity index (χ0v) is 17.5. The normalized spacial score (nSPS) is 16.8. The summed E-state index contributed by atoms with van der Waals surface area (Å²) in [5, 5.41) is 13.9. The van der Waals surface area contributed by atoms with E-state index < -0.39 is 0 Å². The second-order valence-corrected chi connectivity index (χ2v) is 8.22. The first kappa shape index (κ1) is 19.9. The molecule has 0 saturated heterocycles. The van der Waals surface area contributed by atoms with E-state index in [-0.39, 0.29) is 0 Å². The molecule has 0 aliphatic carbocycles. The number of unbranched alkanes of at least 4 members (excludes halogenated alkanes) is 1. The quantitative estimate of drug-likeness (QED) is 0.606. The number of hydrogen-bond acceptors (Lipinski definition) is 6. The number of aliphatic imine (C=N–C) groups is 1. The second-order valence-electron chi connectivity index (χ2n) is 7.18. The number of aromatic nitrogens is 4. The van der Waals surface area contributed by atoms with E-state index in [0.717, 1.165) is 48.7 Å². The van der Waals surface area contributed by atoms with Gasteiger partial charge in [-0.05, 0) is 48.2 Å². The van der Waals surface area contributed by atoms with Crippen molar-refractivity contribution in [2.75, 3.05) is 12.9 Å². The SMILES string of the molecule is CCc1nnn(-c2ccc(OC)c(CCCCC3CSC(C(C)C)=N3)c2)n1. The number of tetrazole rings is 1. The summed E-state index contributed by atoms with van der Waals surface area (Å²) in [6.45, 7) is 6.47. The molecule has 2 heterocycles. The van der Waals surface area contributed by atoms with Gasteiger partial charge in [0.25, 0.3) is 0 Å². The minimum Gasteiger partial charge on any atom is -0.496 e. The van der Waals surface area contributed by atoms with Crippen LogP contribution in [0.25, 0.3) is 5.69 Å². The molecule has 0 fully saturated rings. The van der Waals surface area contributed by atoms with Gasteiger partial charge in [-0.25, -0.2) is 0 Å². The fourth-order valence-electron chi connectivity index (χ4n) is 3.17. The topological polar surface area (TPSA) is 65.2 Å².